The maximum Gasteiger partial charge on any atom is 0.267 e. The van der Waals surface area contributed by atoms with Gasteiger partial charge in [0, 0.05) is 44.4 Å². The van der Waals surface area contributed by atoms with Crippen LogP contribution in [0.15, 0.2) is 60.7 Å². The van der Waals surface area contributed by atoms with Crippen LogP contribution in [0.1, 0.15) is 27.0 Å². The summed E-state index contributed by atoms with van der Waals surface area (Å²) in [7, 11) is 2.13. The molecule has 3 rings (SSSR count). The van der Waals surface area contributed by atoms with Gasteiger partial charge in [-0.25, -0.2) is 5.48 Å². The fraction of sp³-hybridized carbons (Fsp3) is 0.250. The van der Waals surface area contributed by atoms with Gasteiger partial charge in [0.1, 0.15) is 0 Å². The molecule has 0 spiro atoms. The molecule has 2 aromatic rings. The lowest BCUT2D eigenvalue weighted by atomic mass is 10.0. The van der Waals surface area contributed by atoms with Crippen LogP contribution in [0.25, 0.3) is 12.2 Å². The largest absolute Gasteiger partial charge is 0.304 e. The molecule has 0 saturated carbocycles. The summed E-state index contributed by atoms with van der Waals surface area (Å²) >= 11 is 0. The van der Waals surface area contributed by atoms with E-state index >= 15 is 0 Å². The van der Waals surface area contributed by atoms with Crippen LogP contribution in [-0.2, 0) is 11.3 Å². The first-order valence-corrected chi connectivity index (χ1v) is 9.98. The number of hydroxylamine groups is 1. The Kier molecular flexibility index (Phi) is 7.68. The van der Waals surface area contributed by atoms with Gasteiger partial charge in [-0.2, -0.15) is 0 Å². The van der Waals surface area contributed by atoms with E-state index in [1.807, 2.05) is 48.5 Å². The Morgan fingerprint density at radius 1 is 0.933 bits per heavy atom. The first kappa shape index (κ1) is 21.6. The van der Waals surface area contributed by atoms with Crippen LogP contribution in [-0.4, -0.2) is 59.9 Å². The molecule has 1 fully saturated rings. The van der Waals surface area contributed by atoms with Crippen LogP contribution in [0, 0.1) is 0 Å². The maximum absolute atomic E-state index is 12.8. The van der Waals surface area contributed by atoms with Gasteiger partial charge in [-0.05, 0) is 35.9 Å². The van der Waals surface area contributed by atoms with Crippen LogP contribution in [0.4, 0.5) is 0 Å². The van der Waals surface area contributed by atoms with E-state index in [1.54, 1.807) is 23.7 Å². The smallest absolute Gasteiger partial charge is 0.267 e. The third kappa shape index (κ3) is 6.22. The summed E-state index contributed by atoms with van der Waals surface area (Å²) < 4.78 is 0. The van der Waals surface area contributed by atoms with Crippen LogP contribution < -0.4 is 5.48 Å². The van der Waals surface area contributed by atoms with Crippen molar-refractivity contribution in [2.45, 2.75) is 6.54 Å². The van der Waals surface area contributed by atoms with Gasteiger partial charge in [0.25, 0.3) is 5.91 Å². The highest BCUT2D eigenvalue weighted by molar-refractivity contribution is 6.07. The Balaban J connectivity index is 1.65. The topological polar surface area (TPSA) is 72.9 Å². The molecular formula is C24H27N3O3. The number of carbonyl (C=O) groups is 2. The third-order valence-corrected chi connectivity index (χ3v) is 5.17. The zero-order chi connectivity index (χ0) is 21.3. The van der Waals surface area contributed by atoms with E-state index in [0.29, 0.717) is 0 Å². The van der Waals surface area contributed by atoms with Crippen molar-refractivity contribution in [1.82, 2.24) is 15.3 Å². The van der Waals surface area contributed by atoms with Gasteiger partial charge in [-0.15, -0.1) is 0 Å². The van der Waals surface area contributed by atoms with Crippen LogP contribution >= 0.6 is 0 Å². The number of hydrogen-bond acceptors (Lipinski definition) is 5. The monoisotopic (exact) mass is 405 g/mol. The van der Waals surface area contributed by atoms with Gasteiger partial charge < -0.3 is 4.90 Å². The van der Waals surface area contributed by atoms with Crippen LogP contribution in [0.3, 0.4) is 0 Å². The molecule has 156 valence electrons. The third-order valence-electron chi connectivity index (χ3n) is 5.17. The summed E-state index contributed by atoms with van der Waals surface area (Å²) in [5, 5.41) is 8.50. The van der Waals surface area contributed by atoms with Crippen LogP contribution in [0.2, 0.25) is 0 Å². The Labute approximate surface area is 177 Å². The van der Waals surface area contributed by atoms with Gasteiger partial charge >= 0.3 is 0 Å². The van der Waals surface area contributed by atoms with Crippen molar-refractivity contribution in [2.75, 3.05) is 33.2 Å². The molecular weight excluding hydrogens is 378 g/mol. The second kappa shape index (κ2) is 10.6. The number of rotatable bonds is 7. The first-order chi connectivity index (χ1) is 14.5. The fourth-order valence-electron chi connectivity index (χ4n) is 3.33. The number of ketones is 1. The standard InChI is InChI=1S/C24H27N3O3/c1-26-14-16-27(17-15-26)18-21-4-2-3-5-22(21)23(28)12-10-19-6-8-20(9-7-19)11-13-24(29)25-30/h2-13,30H,14-18H2,1H3,(H,25,29). The predicted octanol–water partition coefficient (Wildman–Crippen LogP) is 2.85. The highest BCUT2D eigenvalue weighted by Gasteiger charge is 2.16. The van der Waals surface area contributed by atoms with E-state index in [0.717, 1.165) is 55.0 Å². The summed E-state index contributed by atoms with van der Waals surface area (Å²) in [5.41, 5.74) is 5.05. The molecule has 1 heterocycles. The molecule has 1 saturated heterocycles. The number of piperazine rings is 1. The number of amides is 1. The molecule has 2 N–H and O–H groups in total. The van der Waals surface area contributed by atoms with E-state index < -0.39 is 5.91 Å². The Hall–Kier alpha value is -3.06. The van der Waals surface area contributed by atoms with Crippen LogP contribution in [0.5, 0.6) is 0 Å². The molecule has 1 aliphatic heterocycles. The first-order valence-electron chi connectivity index (χ1n) is 9.98. The molecule has 2 aromatic carbocycles. The minimum atomic E-state index is -0.584. The molecule has 1 aliphatic rings. The van der Waals surface area contributed by atoms with Crippen molar-refractivity contribution in [2.24, 2.45) is 0 Å². The number of hydrogen-bond donors (Lipinski definition) is 2. The molecule has 0 atom stereocenters. The highest BCUT2D eigenvalue weighted by Crippen LogP contribution is 2.16. The van der Waals surface area contributed by atoms with Gasteiger partial charge in [-0.3, -0.25) is 19.7 Å². The predicted molar refractivity (Wildman–Crippen MR) is 118 cm³/mol. The number of likely N-dealkylation sites (N-methyl/N-ethyl adjacent to an activating group) is 1. The van der Waals surface area contributed by atoms with E-state index in [4.69, 9.17) is 5.21 Å². The summed E-state index contributed by atoms with van der Waals surface area (Å²) in [6, 6.07) is 15.2. The molecule has 0 unspecified atom stereocenters. The number of benzene rings is 2. The second-order valence-corrected chi connectivity index (χ2v) is 7.41. The van der Waals surface area contributed by atoms with Crippen molar-refractivity contribution < 1.29 is 14.8 Å². The summed E-state index contributed by atoms with van der Waals surface area (Å²) in [4.78, 5) is 28.6. The van der Waals surface area contributed by atoms with Crippen molar-refractivity contribution in [3.63, 3.8) is 0 Å². The quantitative estimate of drug-likeness (QED) is 0.321. The van der Waals surface area contributed by atoms with Crippen molar-refractivity contribution in [3.8, 4) is 0 Å². The lowest BCUT2D eigenvalue weighted by Crippen LogP contribution is -2.44. The Bertz CT molecular complexity index is 927. The summed E-state index contributed by atoms with van der Waals surface area (Å²) in [5.74, 6) is -0.594. The van der Waals surface area contributed by atoms with E-state index in [2.05, 4.69) is 16.8 Å². The zero-order valence-electron chi connectivity index (χ0n) is 17.1. The van der Waals surface area contributed by atoms with Crippen molar-refractivity contribution in [3.05, 3.63) is 82.9 Å². The molecule has 0 aromatic heterocycles. The molecule has 6 heteroatoms. The normalized spacial score (nSPS) is 15.7. The number of carbonyl (C=O) groups excluding carboxylic acids is 2. The molecule has 0 bridgehead atoms. The molecule has 0 radical (unpaired) electrons. The molecule has 0 aliphatic carbocycles. The number of nitrogens with zero attached hydrogens (tertiary/aromatic N) is 2. The highest BCUT2D eigenvalue weighted by atomic mass is 16.5. The van der Waals surface area contributed by atoms with Gasteiger partial charge in [0.2, 0.25) is 0 Å². The number of allylic oxidation sites excluding steroid dienone is 1. The average Bonchev–Trinajstić information content (AvgIpc) is 2.78. The van der Waals surface area contributed by atoms with Crippen molar-refractivity contribution in [1.29, 1.82) is 0 Å². The zero-order valence-corrected chi connectivity index (χ0v) is 17.1. The van der Waals surface area contributed by atoms with E-state index in [1.165, 1.54) is 6.08 Å². The Morgan fingerprint density at radius 3 is 2.17 bits per heavy atom. The second-order valence-electron chi connectivity index (χ2n) is 7.41. The lowest BCUT2D eigenvalue weighted by Gasteiger charge is -2.32. The SMILES string of the molecule is CN1CCN(Cc2ccccc2C(=O)C=Cc2ccc(C=CC(=O)NO)cc2)CC1. The van der Waals surface area contributed by atoms with Crippen molar-refractivity contribution >= 4 is 23.8 Å². The number of nitrogens with one attached hydrogen (secondary N) is 1. The molecule has 1 amide bonds. The van der Waals surface area contributed by atoms with E-state index in [9.17, 15) is 9.59 Å². The fourth-order valence-corrected chi connectivity index (χ4v) is 3.33. The van der Waals surface area contributed by atoms with Gasteiger partial charge in [0.05, 0.1) is 0 Å². The molecule has 6 nitrogen and oxygen atoms in total. The summed E-state index contributed by atoms with van der Waals surface area (Å²) in [6.07, 6.45) is 6.24. The molecule has 30 heavy (non-hydrogen) atoms. The van der Waals surface area contributed by atoms with Gasteiger partial charge in [0.15, 0.2) is 5.78 Å². The van der Waals surface area contributed by atoms with E-state index in [-0.39, 0.29) is 5.78 Å². The summed E-state index contributed by atoms with van der Waals surface area (Å²) in [6.45, 7) is 4.90. The average molecular weight is 405 g/mol. The van der Waals surface area contributed by atoms with Gasteiger partial charge in [-0.1, -0.05) is 54.6 Å². The maximum atomic E-state index is 12.8. The minimum Gasteiger partial charge on any atom is -0.304 e. The minimum absolute atomic E-state index is 0.0108. The lowest BCUT2D eigenvalue weighted by molar-refractivity contribution is -0.124. The Morgan fingerprint density at radius 2 is 1.53 bits per heavy atom.